The average molecular weight is 302 g/mol. The normalized spacial score (nSPS) is 11.5. The van der Waals surface area contributed by atoms with E-state index in [9.17, 15) is 9.90 Å². The van der Waals surface area contributed by atoms with Crippen molar-refractivity contribution in [2.75, 3.05) is 6.54 Å². The van der Waals surface area contributed by atoms with E-state index in [1.165, 1.54) is 11.3 Å². The zero-order valence-electron chi connectivity index (χ0n) is 13.9. The highest BCUT2D eigenvalue weighted by Gasteiger charge is 2.20. The van der Waals surface area contributed by atoms with Gasteiger partial charge in [0, 0.05) is 24.2 Å². The summed E-state index contributed by atoms with van der Waals surface area (Å²) >= 11 is 0. The van der Waals surface area contributed by atoms with E-state index in [1.54, 1.807) is 0 Å². The molecule has 0 fully saturated rings. The minimum atomic E-state index is -0.865. The summed E-state index contributed by atoms with van der Waals surface area (Å²) in [5, 5.41) is 10.5. The van der Waals surface area contributed by atoms with Crippen LogP contribution in [0.3, 0.4) is 0 Å². The van der Waals surface area contributed by atoms with E-state index in [-0.39, 0.29) is 5.92 Å². The number of carboxylic acid groups (broad SMARTS) is 1. The largest absolute Gasteiger partial charge is 0.478 e. The maximum atomic E-state index is 11.5. The molecule has 120 valence electrons. The van der Waals surface area contributed by atoms with Gasteiger partial charge in [0.05, 0.1) is 11.1 Å². The van der Waals surface area contributed by atoms with Crippen molar-refractivity contribution in [2.24, 2.45) is 5.73 Å². The molecule has 0 aliphatic rings. The molecule has 2 aromatic rings. The maximum absolute atomic E-state index is 11.5. The topological polar surface area (TPSA) is 68.2 Å². The van der Waals surface area contributed by atoms with Crippen molar-refractivity contribution in [1.82, 2.24) is 4.57 Å². The number of benzene rings is 1. The number of hydrogen-bond donors (Lipinski definition) is 2. The van der Waals surface area contributed by atoms with Crippen LogP contribution in [-0.2, 0) is 13.0 Å². The number of carboxylic acids is 1. The van der Waals surface area contributed by atoms with Crippen molar-refractivity contribution >= 4 is 16.9 Å². The zero-order chi connectivity index (χ0) is 16.4. The fraction of sp³-hybridized carbons (Fsp3) is 0.500. The lowest BCUT2D eigenvalue weighted by Gasteiger charge is -2.14. The molecule has 1 aromatic carbocycles. The molecule has 0 atom stereocenters. The van der Waals surface area contributed by atoms with Gasteiger partial charge in [-0.3, -0.25) is 0 Å². The Labute approximate surface area is 131 Å². The molecule has 4 heteroatoms. The molecular weight excluding hydrogens is 276 g/mol. The Balaban J connectivity index is 2.89. The highest BCUT2D eigenvalue weighted by atomic mass is 16.4. The molecule has 0 bridgehead atoms. The number of nitrogens with zero attached hydrogens (tertiary/aromatic N) is 1. The van der Waals surface area contributed by atoms with Crippen LogP contribution in [0.15, 0.2) is 12.1 Å². The third-order valence-electron chi connectivity index (χ3n) is 4.30. The van der Waals surface area contributed by atoms with Gasteiger partial charge in [-0.05, 0) is 42.5 Å². The molecule has 22 heavy (non-hydrogen) atoms. The Hall–Kier alpha value is -1.81. The molecule has 0 spiro atoms. The molecule has 4 nitrogen and oxygen atoms in total. The SMILES string of the molecule is CCCc1c(C)n(CCN)c2c(C(C)C)cc(C(=O)O)cc12. The third-order valence-corrected chi connectivity index (χ3v) is 4.30. The summed E-state index contributed by atoms with van der Waals surface area (Å²) in [7, 11) is 0. The Morgan fingerprint density at radius 3 is 2.55 bits per heavy atom. The molecule has 0 aliphatic heterocycles. The van der Waals surface area contributed by atoms with E-state index < -0.39 is 5.97 Å². The highest BCUT2D eigenvalue weighted by molar-refractivity contribution is 5.97. The predicted molar refractivity (Wildman–Crippen MR) is 90.8 cm³/mol. The first-order valence-corrected chi connectivity index (χ1v) is 8.01. The summed E-state index contributed by atoms with van der Waals surface area (Å²) in [6.07, 6.45) is 2.00. The van der Waals surface area contributed by atoms with E-state index in [4.69, 9.17) is 5.73 Å². The molecule has 3 N–H and O–H groups in total. The van der Waals surface area contributed by atoms with Gasteiger partial charge in [0.25, 0.3) is 0 Å². The second-order valence-corrected chi connectivity index (χ2v) is 6.18. The molecule has 0 saturated carbocycles. The summed E-state index contributed by atoms with van der Waals surface area (Å²) < 4.78 is 2.27. The molecule has 1 aromatic heterocycles. The average Bonchev–Trinajstić information content (AvgIpc) is 2.72. The number of nitrogens with two attached hydrogens (primary N) is 1. The second kappa shape index (κ2) is 6.53. The van der Waals surface area contributed by atoms with Crippen molar-refractivity contribution in [2.45, 2.75) is 53.0 Å². The van der Waals surface area contributed by atoms with Crippen LogP contribution in [0.1, 0.15) is 60.3 Å². The first-order valence-electron chi connectivity index (χ1n) is 8.01. The Kier molecular flexibility index (Phi) is 4.91. The molecule has 0 amide bonds. The lowest BCUT2D eigenvalue weighted by molar-refractivity contribution is 0.0697. The van der Waals surface area contributed by atoms with Gasteiger partial charge in [0.2, 0.25) is 0 Å². The van der Waals surface area contributed by atoms with Gasteiger partial charge in [-0.25, -0.2) is 4.79 Å². The van der Waals surface area contributed by atoms with Crippen molar-refractivity contribution in [3.8, 4) is 0 Å². The number of aromatic carboxylic acids is 1. The second-order valence-electron chi connectivity index (χ2n) is 6.18. The van der Waals surface area contributed by atoms with Crippen LogP contribution in [0.5, 0.6) is 0 Å². The Bertz CT molecular complexity index is 699. The van der Waals surface area contributed by atoms with E-state index >= 15 is 0 Å². The van der Waals surface area contributed by atoms with Gasteiger partial charge >= 0.3 is 5.97 Å². The van der Waals surface area contributed by atoms with Gasteiger partial charge in [0.1, 0.15) is 0 Å². The van der Waals surface area contributed by atoms with Crippen LogP contribution >= 0.6 is 0 Å². The lowest BCUT2D eigenvalue weighted by Crippen LogP contribution is -2.12. The van der Waals surface area contributed by atoms with Gasteiger partial charge in [-0.15, -0.1) is 0 Å². The van der Waals surface area contributed by atoms with Gasteiger partial charge in [-0.2, -0.15) is 0 Å². The number of carbonyl (C=O) groups is 1. The van der Waals surface area contributed by atoms with E-state index in [0.717, 1.165) is 35.9 Å². The van der Waals surface area contributed by atoms with Gasteiger partial charge < -0.3 is 15.4 Å². The van der Waals surface area contributed by atoms with E-state index in [2.05, 4.69) is 32.3 Å². The van der Waals surface area contributed by atoms with Gasteiger partial charge in [-0.1, -0.05) is 27.2 Å². The van der Waals surface area contributed by atoms with Crippen molar-refractivity contribution in [1.29, 1.82) is 0 Å². The third kappa shape index (κ3) is 2.75. The summed E-state index contributed by atoms with van der Waals surface area (Å²) in [5.74, 6) is -0.599. The monoisotopic (exact) mass is 302 g/mol. The highest BCUT2D eigenvalue weighted by Crippen LogP contribution is 2.34. The fourth-order valence-electron chi connectivity index (χ4n) is 3.25. The van der Waals surface area contributed by atoms with Crippen LogP contribution in [0, 0.1) is 6.92 Å². The number of aryl methyl sites for hydroxylation is 1. The van der Waals surface area contributed by atoms with Crippen LogP contribution in [0.25, 0.3) is 10.9 Å². The van der Waals surface area contributed by atoms with Crippen molar-refractivity contribution < 1.29 is 9.90 Å². The summed E-state index contributed by atoms with van der Waals surface area (Å²) in [5.41, 5.74) is 10.9. The minimum Gasteiger partial charge on any atom is -0.478 e. The standard InChI is InChI=1S/C18H26N2O2/c1-5-6-14-12(4)20(8-7-19)17-15(11(2)3)9-13(18(21)22)10-16(14)17/h9-11H,5-8,19H2,1-4H3,(H,21,22). The van der Waals surface area contributed by atoms with Crippen LogP contribution in [0.4, 0.5) is 0 Å². The minimum absolute atomic E-state index is 0.266. The smallest absolute Gasteiger partial charge is 0.335 e. The molecule has 0 saturated heterocycles. The summed E-state index contributed by atoms with van der Waals surface area (Å²) in [4.78, 5) is 11.5. The van der Waals surface area contributed by atoms with Crippen molar-refractivity contribution in [3.05, 3.63) is 34.5 Å². The lowest BCUT2D eigenvalue weighted by atomic mass is 9.95. The summed E-state index contributed by atoms with van der Waals surface area (Å²) in [6.45, 7) is 9.82. The van der Waals surface area contributed by atoms with Gasteiger partial charge in [0.15, 0.2) is 0 Å². The fourth-order valence-corrected chi connectivity index (χ4v) is 3.25. The predicted octanol–water partition coefficient (Wildman–Crippen LogP) is 3.68. The first-order chi connectivity index (χ1) is 10.4. The van der Waals surface area contributed by atoms with Crippen LogP contribution in [-0.4, -0.2) is 22.2 Å². The molecule has 2 rings (SSSR count). The number of rotatable bonds is 6. The maximum Gasteiger partial charge on any atom is 0.335 e. The zero-order valence-corrected chi connectivity index (χ0v) is 13.9. The quantitative estimate of drug-likeness (QED) is 0.855. The Morgan fingerprint density at radius 2 is 2.05 bits per heavy atom. The first kappa shape index (κ1) is 16.6. The van der Waals surface area contributed by atoms with E-state index in [1.807, 2.05) is 12.1 Å². The number of fused-ring (bicyclic) bond motifs is 1. The summed E-state index contributed by atoms with van der Waals surface area (Å²) in [6, 6.07) is 3.64. The molecule has 0 aliphatic carbocycles. The molecular formula is C18H26N2O2. The molecule has 1 heterocycles. The van der Waals surface area contributed by atoms with Crippen LogP contribution < -0.4 is 5.73 Å². The number of aromatic nitrogens is 1. The number of hydrogen-bond acceptors (Lipinski definition) is 2. The Morgan fingerprint density at radius 1 is 1.36 bits per heavy atom. The molecule has 0 radical (unpaired) electrons. The van der Waals surface area contributed by atoms with E-state index in [0.29, 0.717) is 12.1 Å². The van der Waals surface area contributed by atoms with Crippen molar-refractivity contribution in [3.63, 3.8) is 0 Å². The van der Waals surface area contributed by atoms with Crippen LogP contribution in [0.2, 0.25) is 0 Å². The molecule has 0 unspecified atom stereocenters.